The van der Waals surface area contributed by atoms with Gasteiger partial charge in [-0.2, -0.15) is 0 Å². The lowest BCUT2D eigenvalue weighted by atomic mass is 10.2. The van der Waals surface area contributed by atoms with Crippen LogP contribution in [0.15, 0.2) is 24.3 Å². The molecule has 94 valence electrons. The maximum absolute atomic E-state index is 11.4. The highest BCUT2D eigenvalue weighted by atomic mass is 16.6. The molecular weight excluding hydrogens is 216 g/mol. The van der Waals surface area contributed by atoms with E-state index in [1.165, 1.54) is 4.90 Å². The van der Waals surface area contributed by atoms with Gasteiger partial charge in [0.25, 0.3) is 0 Å². The zero-order valence-corrected chi connectivity index (χ0v) is 11.2. The van der Waals surface area contributed by atoms with Crippen molar-refractivity contribution >= 4 is 6.09 Å². The molecule has 0 fully saturated rings. The summed E-state index contributed by atoms with van der Waals surface area (Å²) in [4.78, 5) is 12.8. The number of ether oxygens (including phenoxy) is 1. The molecule has 1 rings (SSSR count). The van der Waals surface area contributed by atoms with Crippen LogP contribution >= 0.6 is 0 Å². The highest BCUT2D eigenvalue weighted by Gasteiger charge is 2.11. The van der Waals surface area contributed by atoms with E-state index in [0.29, 0.717) is 5.75 Å². The molecule has 0 radical (unpaired) electrons. The van der Waals surface area contributed by atoms with E-state index in [1.807, 2.05) is 18.2 Å². The van der Waals surface area contributed by atoms with Crippen LogP contribution in [0.3, 0.4) is 0 Å². The van der Waals surface area contributed by atoms with E-state index in [2.05, 4.69) is 21.1 Å². The van der Waals surface area contributed by atoms with Gasteiger partial charge in [0.05, 0.1) is 21.1 Å². The summed E-state index contributed by atoms with van der Waals surface area (Å²) in [6.45, 7) is 0.896. The fourth-order valence-electron chi connectivity index (χ4n) is 1.45. The maximum atomic E-state index is 11.4. The third-order valence-corrected chi connectivity index (χ3v) is 2.13. The van der Waals surface area contributed by atoms with E-state index in [-0.39, 0.29) is 6.09 Å². The molecule has 0 spiro atoms. The van der Waals surface area contributed by atoms with Crippen molar-refractivity contribution in [3.8, 4) is 5.75 Å². The van der Waals surface area contributed by atoms with Crippen molar-refractivity contribution in [2.75, 3.05) is 35.2 Å². The fraction of sp³-hybridized carbons (Fsp3) is 0.462. The molecule has 1 amide bonds. The monoisotopic (exact) mass is 237 g/mol. The number of benzene rings is 1. The van der Waals surface area contributed by atoms with Crippen molar-refractivity contribution in [3.63, 3.8) is 0 Å². The van der Waals surface area contributed by atoms with Gasteiger partial charge < -0.3 is 14.1 Å². The average molecular weight is 237 g/mol. The minimum atomic E-state index is -0.354. The minimum Gasteiger partial charge on any atom is -0.410 e. The first kappa shape index (κ1) is 13.5. The molecule has 4 nitrogen and oxygen atoms in total. The Balaban J connectivity index is 2.76. The average Bonchev–Trinajstić information content (AvgIpc) is 2.15. The van der Waals surface area contributed by atoms with Crippen molar-refractivity contribution in [3.05, 3.63) is 29.8 Å². The standard InChI is InChI=1S/C13H21N2O2/c1-14(2)13(16)17-12-8-6-7-11(9-12)10-15(3,4)5/h6-9H,10H2,1-5H3/q+1. The predicted molar refractivity (Wildman–Crippen MR) is 67.9 cm³/mol. The van der Waals surface area contributed by atoms with Gasteiger partial charge in [0.15, 0.2) is 0 Å². The van der Waals surface area contributed by atoms with E-state index in [0.717, 1.165) is 16.6 Å². The van der Waals surface area contributed by atoms with E-state index < -0.39 is 0 Å². The Morgan fingerprint density at radius 2 is 1.94 bits per heavy atom. The predicted octanol–water partition coefficient (Wildman–Crippen LogP) is 1.95. The van der Waals surface area contributed by atoms with Crippen LogP contribution in [-0.2, 0) is 6.54 Å². The molecular formula is C13H21N2O2+. The largest absolute Gasteiger partial charge is 0.414 e. The van der Waals surface area contributed by atoms with Gasteiger partial charge in [-0.15, -0.1) is 0 Å². The van der Waals surface area contributed by atoms with E-state index in [1.54, 1.807) is 20.2 Å². The molecule has 0 aliphatic rings. The molecule has 0 unspecified atom stereocenters. The zero-order chi connectivity index (χ0) is 13.1. The highest BCUT2D eigenvalue weighted by molar-refractivity contribution is 5.69. The third kappa shape index (κ3) is 4.87. The highest BCUT2D eigenvalue weighted by Crippen LogP contribution is 2.16. The number of rotatable bonds is 3. The summed E-state index contributed by atoms with van der Waals surface area (Å²) in [6, 6.07) is 7.64. The summed E-state index contributed by atoms with van der Waals surface area (Å²) in [5, 5.41) is 0. The molecule has 0 aromatic heterocycles. The molecule has 0 aliphatic carbocycles. The maximum Gasteiger partial charge on any atom is 0.414 e. The zero-order valence-electron chi connectivity index (χ0n) is 11.2. The van der Waals surface area contributed by atoms with Crippen LogP contribution in [0.1, 0.15) is 5.56 Å². The Labute approximate surface area is 103 Å². The molecule has 0 saturated carbocycles. The van der Waals surface area contributed by atoms with Crippen molar-refractivity contribution in [2.45, 2.75) is 6.54 Å². The van der Waals surface area contributed by atoms with E-state index in [4.69, 9.17) is 4.74 Å². The Bertz CT molecular complexity index is 395. The lowest BCUT2D eigenvalue weighted by Gasteiger charge is -2.24. The summed E-state index contributed by atoms with van der Waals surface area (Å²) < 4.78 is 6.05. The molecule has 4 heteroatoms. The second-order valence-corrected chi connectivity index (χ2v) is 5.36. The second-order valence-electron chi connectivity index (χ2n) is 5.36. The molecule has 0 bridgehead atoms. The molecule has 1 aromatic carbocycles. The number of quaternary nitrogens is 1. The van der Waals surface area contributed by atoms with Crippen LogP contribution in [0.25, 0.3) is 0 Å². The van der Waals surface area contributed by atoms with E-state index >= 15 is 0 Å². The molecule has 0 N–H and O–H groups in total. The van der Waals surface area contributed by atoms with Crippen molar-refractivity contribution in [1.29, 1.82) is 0 Å². The SMILES string of the molecule is CN(C)C(=O)Oc1cccc(C[N+](C)(C)C)c1. The summed E-state index contributed by atoms with van der Waals surface area (Å²) in [5.74, 6) is 0.592. The molecule has 1 aromatic rings. The van der Waals surface area contributed by atoms with Crippen LogP contribution < -0.4 is 4.74 Å². The molecule has 17 heavy (non-hydrogen) atoms. The Morgan fingerprint density at radius 1 is 1.29 bits per heavy atom. The van der Waals surface area contributed by atoms with Gasteiger partial charge in [0.2, 0.25) is 0 Å². The van der Waals surface area contributed by atoms with Crippen LogP contribution in [0.4, 0.5) is 4.79 Å². The Morgan fingerprint density at radius 3 is 2.47 bits per heavy atom. The summed E-state index contributed by atoms with van der Waals surface area (Å²) in [5.41, 5.74) is 1.15. The molecule has 0 atom stereocenters. The number of carbonyl (C=O) groups excluding carboxylic acids is 1. The Kier molecular flexibility index (Phi) is 4.12. The summed E-state index contributed by atoms with van der Waals surface area (Å²) in [6.07, 6.45) is -0.354. The Hall–Kier alpha value is -1.55. The summed E-state index contributed by atoms with van der Waals surface area (Å²) >= 11 is 0. The van der Waals surface area contributed by atoms with Gasteiger partial charge in [-0.1, -0.05) is 12.1 Å². The van der Waals surface area contributed by atoms with Crippen LogP contribution in [0, 0.1) is 0 Å². The van der Waals surface area contributed by atoms with Gasteiger partial charge >= 0.3 is 6.09 Å². The van der Waals surface area contributed by atoms with Crippen molar-refractivity contribution in [1.82, 2.24) is 4.90 Å². The van der Waals surface area contributed by atoms with Crippen LogP contribution in [-0.4, -0.2) is 50.7 Å². The quantitative estimate of drug-likeness (QED) is 0.752. The third-order valence-electron chi connectivity index (χ3n) is 2.13. The topological polar surface area (TPSA) is 29.5 Å². The first-order chi connectivity index (χ1) is 7.78. The number of nitrogens with zero attached hydrogens (tertiary/aromatic N) is 2. The number of amides is 1. The van der Waals surface area contributed by atoms with Crippen LogP contribution in [0.2, 0.25) is 0 Å². The number of hydrogen-bond donors (Lipinski definition) is 0. The molecule has 0 heterocycles. The van der Waals surface area contributed by atoms with Gasteiger partial charge in [-0.3, -0.25) is 0 Å². The molecule has 0 aliphatic heterocycles. The fourth-order valence-corrected chi connectivity index (χ4v) is 1.45. The normalized spacial score (nSPS) is 11.1. The van der Waals surface area contributed by atoms with Gasteiger partial charge in [0, 0.05) is 19.7 Å². The minimum absolute atomic E-state index is 0.354. The summed E-state index contributed by atoms with van der Waals surface area (Å²) in [7, 11) is 9.70. The first-order valence-electron chi connectivity index (χ1n) is 5.56. The van der Waals surface area contributed by atoms with Gasteiger partial charge in [0.1, 0.15) is 12.3 Å². The van der Waals surface area contributed by atoms with Gasteiger partial charge in [-0.25, -0.2) is 4.79 Å². The van der Waals surface area contributed by atoms with E-state index in [9.17, 15) is 4.79 Å². The number of carbonyl (C=O) groups is 1. The smallest absolute Gasteiger partial charge is 0.410 e. The van der Waals surface area contributed by atoms with Crippen molar-refractivity contribution < 1.29 is 14.0 Å². The lowest BCUT2D eigenvalue weighted by molar-refractivity contribution is -0.884. The molecule has 0 saturated heterocycles. The first-order valence-corrected chi connectivity index (χ1v) is 5.56. The second kappa shape index (κ2) is 5.19. The lowest BCUT2D eigenvalue weighted by Crippen LogP contribution is -2.33. The van der Waals surface area contributed by atoms with Gasteiger partial charge in [-0.05, 0) is 12.1 Å². The number of hydrogen-bond acceptors (Lipinski definition) is 2. The van der Waals surface area contributed by atoms with Crippen LogP contribution in [0.5, 0.6) is 5.75 Å². The van der Waals surface area contributed by atoms with Crippen molar-refractivity contribution in [2.24, 2.45) is 0 Å².